The second-order valence-electron chi connectivity index (χ2n) is 6.49. The summed E-state index contributed by atoms with van der Waals surface area (Å²) in [5, 5.41) is 0. The first-order valence-corrected chi connectivity index (χ1v) is 6.52. The summed E-state index contributed by atoms with van der Waals surface area (Å²) in [4.78, 5) is 0. The fraction of sp³-hybridized carbons (Fsp3) is 0.733. The summed E-state index contributed by atoms with van der Waals surface area (Å²) in [6.07, 6.45) is 5.73. The quantitative estimate of drug-likeness (QED) is 0.601. The lowest BCUT2D eigenvalue weighted by Crippen LogP contribution is -2.26. The Kier molecular flexibility index (Phi) is 2.05. The zero-order valence-electron chi connectivity index (χ0n) is 10.8. The SMILES string of the molecule is CC1=CC[C@@H]2[C@H]([C@H]3C1=COC[C@@H]3C)C2(C)C. The average Bonchev–Trinajstić information content (AvgIpc) is 2.81. The van der Waals surface area contributed by atoms with Crippen molar-refractivity contribution in [2.45, 2.75) is 34.1 Å². The first-order valence-electron chi connectivity index (χ1n) is 6.52. The first-order chi connectivity index (χ1) is 7.53. The van der Waals surface area contributed by atoms with Crippen LogP contribution >= 0.6 is 0 Å². The molecule has 1 nitrogen and oxygen atoms in total. The molecule has 0 unspecified atom stereocenters. The van der Waals surface area contributed by atoms with Crippen molar-refractivity contribution in [1.29, 1.82) is 0 Å². The van der Waals surface area contributed by atoms with Gasteiger partial charge in [-0.2, -0.15) is 0 Å². The van der Waals surface area contributed by atoms with Gasteiger partial charge in [0.2, 0.25) is 0 Å². The van der Waals surface area contributed by atoms with Gasteiger partial charge in [-0.15, -0.1) is 0 Å². The van der Waals surface area contributed by atoms with Crippen molar-refractivity contribution in [1.82, 2.24) is 0 Å². The van der Waals surface area contributed by atoms with Crippen molar-refractivity contribution in [3.05, 3.63) is 23.5 Å². The van der Waals surface area contributed by atoms with Crippen molar-refractivity contribution in [3.8, 4) is 0 Å². The summed E-state index contributed by atoms with van der Waals surface area (Å²) in [7, 11) is 0. The van der Waals surface area contributed by atoms with Gasteiger partial charge in [-0.3, -0.25) is 0 Å². The molecule has 1 fully saturated rings. The Balaban J connectivity index is 2.03. The van der Waals surface area contributed by atoms with Crippen molar-refractivity contribution in [2.75, 3.05) is 6.61 Å². The Hall–Kier alpha value is -0.720. The summed E-state index contributed by atoms with van der Waals surface area (Å²) >= 11 is 0. The Morgan fingerprint density at radius 1 is 1.38 bits per heavy atom. The molecule has 0 aromatic heterocycles. The molecular weight excluding hydrogens is 196 g/mol. The molecule has 0 N–H and O–H groups in total. The highest BCUT2D eigenvalue weighted by atomic mass is 16.5. The highest BCUT2D eigenvalue weighted by molar-refractivity contribution is 5.37. The van der Waals surface area contributed by atoms with Crippen molar-refractivity contribution >= 4 is 0 Å². The lowest BCUT2D eigenvalue weighted by molar-refractivity contribution is 0.131. The van der Waals surface area contributed by atoms with E-state index in [1.165, 1.54) is 17.6 Å². The van der Waals surface area contributed by atoms with Gasteiger partial charge in [0.05, 0.1) is 12.9 Å². The molecule has 16 heavy (non-hydrogen) atoms. The van der Waals surface area contributed by atoms with E-state index in [0.29, 0.717) is 11.3 Å². The van der Waals surface area contributed by atoms with Gasteiger partial charge in [-0.25, -0.2) is 0 Å². The minimum absolute atomic E-state index is 0.548. The van der Waals surface area contributed by atoms with Gasteiger partial charge >= 0.3 is 0 Å². The van der Waals surface area contributed by atoms with Gasteiger partial charge in [-0.1, -0.05) is 26.8 Å². The summed E-state index contributed by atoms with van der Waals surface area (Å²) < 4.78 is 5.61. The Bertz CT molecular complexity index is 375. The summed E-state index contributed by atoms with van der Waals surface area (Å²) in [6.45, 7) is 10.4. The Morgan fingerprint density at radius 3 is 2.88 bits per heavy atom. The van der Waals surface area contributed by atoms with Crippen LogP contribution in [0.3, 0.4) is 0 Å². The predicted octanol–water partition coefficient (Wildman–Crippen LogP) is 3.78. The molecule has 0 bridgehead atoms. The van der Waals surface area contributed by atoms with Crippen molar-refractivity contribution in [3.63, 3.8) is 0 Å². The second-order valence-corrected chi connectivity index (χ2v) is 6.49. The van der Waals surface area contributed by atoms with Crippen LogP contribution in [-0.4, -0.2) is 6.61 Å². The third-order valence-corrected chi connectivity index (χ3v) is 5.20. The molecule has 3 rings (SSSR count). The molecule has 3 aliphatic rings. The second kappa shape index (κ2) is 3.15. The molecule has 0 amide bonds. The highest BCUT2D eigenvalue weighted by Gasteiger charge is 2.62. The number of fused-ring (bicyclic) bond motifs is 3. The maximum absolute atomic E-state index is 5.61. The van der Waals surface area contributed by atoms with Crippen LogP contribution in [0.1, 0.15) is 34.1 Å². The number of ether oxygens (including phenoxy) is 1. The first kappa shape index (κ1) is 10.4. The van der Waals surface area contributed by atoms with E-state index >= 15 is 0 Å². The molecule has 1 saturated carbocycles. The van der Waals surface area contributed by atoms with E-state index in [1.807, 2.05) is 6.26 Å². The Morgan fingerprint density at radius 2 is 2.12 bits per heavy atom. The van der Waals surface area contributed by atoms with E-state index in [4.69, 9.17) is 4.74 Å². The topological polar surface area (TPSA) is 9.23 Å². The predicted molar refractivity (Wildman–Crippen MR) is 65.8 cm³/mol. The average molecular weight is 218 g/mol. The third kappa shape index (κ3) is 1.23. The molecule has 1 aliphatic heterocycles. The fourth-order valence-electron chi connectivity index (χ4n) is 4.05. The van der Waals surface area contributed by atoms with Gasteiger partial charge < -0.3 is 4.74 Å². The van der Waals surface area contributed by atoms with Gasteiger partial charge in [0.1, 0.15) is 0 Å². The smallest absolute Gasteiger partial charge is 0.0904 e. The van der Waals surface area contributed by atoms with E-state index < -0.39 is 0 Å². The van der Waals surface area contributed by atoms with Crippen LogP contribution in [0.5, 0.6) is 0 Å². The summed E-state index contributed by atoms with van der Waals surface area (Å²) in [6, 6.07) is 0. The zero-order chi connectivity index (χ0) is 11.5. The van der Waals surface area contributed by atoms with E-state index in [2.05, 4.69) is 33.8 Å². The van der Waals surface area contributed by atoms with Crippen LogP contribution in [0.25, 0.3) is 0 Å². The van der Waals surface area contributed by atoms with E-state index in [0.717, 1.165) is 24.4 Å². The molecule has 0 radical (unpaired) electrons. The molecular formula is C15H22O. The minimum Gasteiger partial charge on any atom is -0.501 e. The van der Waals surface area contributed by atoms with Gasteiger partial charge in [0, 0.05) is 0 Å². The summed E-state index contributed by atoms with van der Waals surface area (Å²) in [5.41, 5.74) is 3.49. The molecule has 4 atom stereocenters. The van der Waals surface area contributed by atoms with E-state index in [-0.39, 0.29) is 0 Å². The standard InChI is InChI=1S/C15H22O/c1-9-5-6-12-14(15(12,3)4)13-10(2)7-16-8-11(9)13/h5,8,10,12-14H,6-7H2,1-4H3/t10-,12+,13+,14+/m0/s1. The maximum Gasteiger partial charge on any atom is 0.0904 e. The highest BCUT2D eigenvalue weighted by Crippen LogP contribution is 2.67. The van der Waals surface area contributed by atoms with Crippen LogP contribution in [-0.2, 0) is 4.74 Å². The molecule has 0 spiro atoms. The van der Waals surface area contributed by atoms with E-state index in [1.54, 1.807) is 0 Å². The van der Waals surface area contributed by atoms with Crippen LogP contribution < -0.4 is 0 Å². The molecule has 0 saturated heterocycles. The molecule has 1 heteroatoms. The molecule has 0 aromatic carbocycles. The largest absolute Gasteiger partial charge is 0.501 e. The number of hydrogen-bond donors (Lipinski definition) is 0. The lowest BCUT2D eigenvalue weighted by atomic mass is 9.78. The maximum atomic E-state index is 5.61. The Labute approximate surface area is 98.6 Å². The monoisotopic (exact) mass is 218 g/mol. The number of rotatable bonds is 0. The lowest BCUT2D eigenvalue weighted by Gasteiger charge is -2.31. The minimum atomic E-state index is 0.548. The zero-order valence-corrected chi connectivity index (χ0v) is 10.8. The molecule has 0 aromatic rings. The van der Waals surface area contributed by atoms with E-state index in [9.17, 15) is 0 Å². The molecule has 2 aliphatic carbocycles. The van der Waals surface area contributed by atoms with Gasteiger partial charge in [0.15, 0.2) is 0 Å². The van der Waals surface area contributed by atoms with Crippen LogP contribution in [0, 0.1) is 29.1 Å². The van der Waals surface area contributed by atoms with Crippen LogP contribution in [0.2, 0.25) is 0 Å². The normalized spacial score (nSPS) is 44.2. The van der Waals surface area contributed by atoms with Gasteiger partial charge in [0.25, 0.3) is 0 Å². The van der Waals surface area contributed by atoms with Gasteiger partial charge in [-0.05, 0) is 53.6 Å². The van der Waals surface area contributed by atoms with Crippen LogP contribution in [0.15, 0.2) is 23.5 Å². The van der Waals surface area contributed by atoms with Crippen molar-refractivity contribution in [2.24, 2.45) is 29.1 Å². The fourth-order valence-corrected chi connectivity index (χ4v) is 4.05. The van der Waals surface area contributed by atoms with Crippen LogP contribution in [0.4, 0.5) is 0 Å². The molecule has 1 heterocycles. The number of allylic oxidation sites excluding steroid dienone is 3. The number of hydrogen-bond acceptors (Lipinski definition) is 1. The third-order valence-electron chi connectivity index (χ3n) is 5.20. The summed E-state index contributed by atoms with van der Waals surface area (Å²) in [5.74, 6) is 3.20. The van der Waals surface area contributed by atoms with Crippen molar-refractivity contribution < 1.29 is 4.74 Å². The molecule has 88 valence electrons.